The van der Waals surface area contributed by atoms with Gasteiger partial charge in [0.05, 0.1) is 12.0 Å². The first-order valence-electron chi connectivity index (χ1n) is 7.15. The average molecular weight is 295 g/mol. The van der Waals surface area contributed by atoms with Crippen molar-refractivity contribution in [2.45, 2.75) is 39.8 Å². The molecular weight excluding hydrogens is 274 g/mol. The van der Waals surface area contributed by atoms with Crippen LogP contribution in [0.25, 0.3) is 0 Å². The van der Waals surface area contributed by atoms with Gasteiger partial charge in [-0.2, -0.15) is 0 Å². The molecule has 0 unspecified atom stereocenters. The van der Waals surface area contributed by atoms with Crippen molar-refractivity contribution in [1.82, 2.24) is 25.0 Å². The molecule has 0 aromatic carbocycles. The van der Waals surface area contributed by atoms with E-state index in [2.05, 4.69) is 15.5 Å². The maximum Gasteiger partial charge on any atom is 0.317 e. The molecule has 116 valence electrons. The lowest BCUT2D eigenvalue weighted by molar-refractivity contribution is -0.149. The van der Waals surface area contributed by atoms with Crippen molar-refractivity contribution in [2.24, 2.45) is 5.41 Å². The topological polar surface area (TPSA) is 100 Å². The standard InChI is InChI=1S/C13H21N5O3/c1-3-13(4-2,11(19)20)8-14-12(21)17-5-6-18-9-15-16-10(18)7-17/h9H,3-8H2,1-2H3,(H,14,21)(H,19,20). The highest BCUT2D eigenvalue weighted by Gasteiger charge is 2.35. The number of carboxylic acids is 1. The average Bonchev–Trinajstić information content (AvgIpc) is 2.95. The largest absolute Gasteiger partial charge is 0.481 e. The van der Waals surface area contributed by atoms with Gasteiger partial charge in [0.25, 0.3) is 0 Å². The highest BCUT2D eigenvalue weighted by Crippen LogP contribution is 2.25. The Morgan fingerprint density at radius 3 is 2.71 bits per heavy atom. The smallest absolute Gasteiger partial charge is 0.317 e. The number of hydrogen-bond acceptors (Lipinski definition) is 4. The summed E-state index contributed by atoms with van der Waals surface area (Å²) in [5.41, 5.74) is -0.897. The fourth-order valence-corrected chi connectivity index (χ4v) is 2.47. The third-order valence-corrected chi connectivity index (χ3v) is 4.31. The van der Waals surface area contributed by atoms with Gasteiger partial charge in [-0.05, 0) is 12.8 Å². The van der Waals surface area contributed by atoms with Crippen LogP contribution in [0.1, 0.15) is 32.5 Å². The third kappa shape index (κ3) is 2.98. The van der Waals surface area contributed by atoms with Gasteiger partial charge in [0.15, 0.2) is 5.82 Å². The van der Waals surface area contributed by atoms with Crippen LogP contribution in [0.4, 0.5) is 4.79 Å². The van der Waals surface area contributed by atoms with Crippen LogP contribution in [-0.2, 0) is 17.9 Å². The maximum atomic E-state index is 12.2. The number of carbonyl (C=O) groups excluding carboxylic acids is 1. The molecule has 2 rings (SSSR count). The summed E-state index contributed by atoms with van der Waals surface area (Å²) in [7, 11) is 0. The Morgan fingerprint density at radius 2 is 2.10 bits per heavy atom. The molecule has 0 bridgehead atoms. The Bertz CT molecular complexity index is 524. The first kappa shape index (κ1) is 15.3. The van der Waals surface area contributed by atoms with Crippen LogP contribution in [-0.4, -0.2) is 49.9 Å². The van der Waals surface area contributed by atoms with E-state index in [1.807, 2.05) is 18.4 Å². The number of fused-ring (bicyclic) bond motifs is 1. The lowest BCUT2D eigenvalue weighted by atomic mass is 9.82. The van der Waals surface area contributed by atoms with Crippen molar-refractivity contribution in [1.29, 1.82) is 0 Å². The van der Waals surface area contributed by atoms with Gasteiger partial charge in [-0.25, -0.2) is 4.79 Å². The fraction of sp³-hybridized carbons (Fsp3) is 0.692. The molecule has 1 aromatic rings. The predicted molar refractivity (Wildman–Crippen MR) is 74.5 cm³/mol. The number of aromatic nitrogens is 3. The van der Waals surface area contributed by atoms with Crippen molar-refractivity contribution in [2.75, 3.05) is 13.1 Å². The van der Waals surface area contributed by atoms with Crippen LogP contribution in [0.2, 0.25) is 0 Å². The Labute approximate surface area is 123 Å². The van der Waals surface area contributed by atoms with Crippen molar-refractivity contribution < 1.29 is 14.7 Å². The van der Waals surface area contributed by atoms with Crippen molar-refractivity contribution in [3.63, 3.8) is 0 Å². The summed E-state index contributed by atoms with van der Waals surface area (Å²) >= 11 is 0. The molecule has 2 amide bonds. The molecule has 2 N–H and O–H groups in total. The van der Waals surface area contributed by atoms with Crippen LogP contribution in [0.5, 0.6) is 0 Å². The molecule has 0 atom stereocenters. The number of rotatable bonds is 5. The Kier molecular flexibility index (Phi) is 4.44. The number of hydrogen-bond donors (Lipinski definition) is 2. The van der Waals surface area contributed by atoms with E-state index in [1.165, 1.54) is 0 Å². The number of nitrogens with zero attached hydrogens (tertiary/aromatic N) is 4. The van der Waals surface area contributed by atoms with Gasteiger partial charge < -0.3 is 19.9 Å². The van der Waals surface area contributed by atoms with Gasteiger partial charge in [-0.3, -0.25) is 4.79 Å². The van der Waals surface area contributed by atoms with Gasteiger partial charge in [-0.15, -0.1) is 10.2 Å². The minimum Gasteiger partial charge on any atom is -0.481 e. The lowest BCUT2D eigenvalue weighted by Crippen LogP contribution is -2.49. The Morgan fingerprint density at radius 1 is 1.38 bits per heavy atom. The van der Waals surface area contributed by atoms with E-state index in [1.54, 1.807) is 11.2 Å². The summed E-state index contributed by atoms with van der Waals surface area (Å²) < 4.78 is 1.91. The molecule has 0 saturated carbocycles. The molecule has 1 aliphatic heterocycles. The highest BCUT2D eigenvalue weighted by molar-refractivity contribution is 5.78. The van der Waals surface area contributed by atoms with Crippen molar-refractivity contribution >= 4 is 12.0 Å². The van der Waals surface area contributed by atoms with E-state index in [4.69, 9.17) is 0 Å². The SMILES string of the molecule is CCC(CC)(CNC(=O)N1CCn2cnnc2C1)C(=O)O. The second-order valence-electron chi connectivity index (χ2n) is 5.31. The first-order valence-corrected chi connectivity index (χ1v) is 7.15. The quantitative estimate of drug-likeness (QED) is 0.832. The molecule has 0 spiro atoms. The fourth-order valence-electron chi connectivity index (χ4n) is 2.47. The molecule has 0 aliphatic carbocycles. The number of amides is 2. The zero-order valence-electron chi connectivity index (χ0n) is 12.4. The number of urea groups is 1. The number of carboxylic acid groups (broad SMARTS) is 1. The minimum atomic E-state index is -0.897. The molecule has 8 nitrogen and oxygen atoms in total. The van der Waals surface area contributed by atoms with Gasteiger partial charge in [0, 0.05) is 19.6 Å². The van der Waals surface area contributed by atoms with E-state index < -0.39 is 11.4 Å². The first-order chi connectivity index (χ1) is 10.0. The third-order valence-electron chi connectivity index (χ3n) is 4.31. The number of nitrogens with one attached hydrogen (secondary N) is 1. The summed E-state index contributed by atoms with van der Waals surface area (Å²) in [6, 6.07) is -0.253. The van der Waals surface area contributed by atoms with Crippen LogP contribution in [0.15, 0.2) is 6.33 Å². The Hall–Kier alpha value is -2.12. The summed E-state index contributed by atoms with van der Waals surface area (Å²) in [6.45, 7) is 5.40. The van der Waals surface area contributed by atoms with E-state index in [9.17, 15) is 14.7 Å². The van der Waals surface area contributed by atoms with Gasteiger partial charge >= 0.3 is 12.0 Å². The van der Waals surface area contributed by atoms with E-state index in [0.717, 1.165) is 5.82 Å². The molecule has 0 saturated heterocycles. The van der Waals surface area contributed by atoms with Crippen LogP contribution < -0.4 is 5.32 Å². The highest BCUT2D eigenvalue weighted by atomic mass is 16.4. The van der Waals surface area contributed by atoms with Gasteiger partial charge in [-0.1, -0.05) is 13.8 Å². The van der Waals surface area contributed by atoms with Gasteiger partial charge in [0.1, 0.15) is 6.33 Å². The summed E-state index contributed by atoms with van der Waals surface area (Å²) in [6.07, 6.45) is 2.61. The number of aliphatic carboxylic acids is 1. The molecular formula is C13H21N5O3. The van der Waals surface area contributed by atoms with E-state index >= 15 is 0 Å². The molecule has 1 aliphatic rings. The zero-order chi connectivity index (χ0) is 15.5. The Balaban J connectivity index is 1.95. The van der Waals surface area contributed by atoms with Crippen molar-refractivity contribution in [3.8, 4) is 0 Å². The van der Waals surface area contributed by atoms with Gasteiger partial charge in [0.2, 0.25) is 0 Å². The van der Waals surface area contributed by atoms with Crippen LogP contribution in [0, 0.1) is 5.41 Å². The zero-order valence-corrected chi connectivity index (χ0v) is 12.4. The minimum absolute atomic E-state index is 0.136. The second kappa shape index (κ2) is 6.11. The van der Waals surface area contributed by atoms with Crippen LogP contribution >= 0.6 is 0 Å². The lowest BCUT2D eigenvalue weighted by Gasteiger charge is -2.31. The molecule has 2 heterocycles. The predicted octanol–water partition coefficient (Wildman–Crippen LogP) is 0.694. The summed E-state index contributed by atoms with van der Waals surface area (Å²) in [4.78, 5) is 25.2. The molecule has 0 radical (unpaired) electrons. The van der Waals surface area contributed by atoms with E-state index in [-0.39, 0.29) is 12.6 Å². The molecule has 21 heavy (non-hydrogen) atoms. The second-order valence-corrected chi connectivity index (χ2v) is 5.31. The van der Waals surface area contributed by atoms with Crippen molar-refractivity contribution in [3.05, 3.63) is 12.2 Å². The summed E-state index contributed by atoms with van der Waals surface area (Å²) in [5, 5.41) is 19.9. The number of carbonyl (C=O) groups is 2. The molecule has 1 aromatic heterocycles. The van der Waals surface area contributed by atoms with Crippen LogP contribution in [0.3, 0.4) is 0 Å². The summed E-state index contributed by atoms with van der Waals surface area (Å²) in [5.74, 6) is -0.127. The van der Waals surface area contributed by atoms with E-state index in [0.29, 0.717) is 32.5 Å². The monoisotopic (exact) mass is 295 g/mol. The molecule has 8 heteroatoms. The maximum absolute atomic E-state index is 12.2. The molecule has 0 fully saturated rings. The normalized spacial score (nSPS) is 14.7.